The van der Waals surface area contributed by atoms with Gasteiger partial charge in [0.1, 0.15) is 12.4 Å². The van der Waals surface area contributed by atoms with E-state index in [2.05, 4.69) is 61.8 Å². The highest BCUT2D eigenvalue weighted by atomic mass is 79.9. The number of rotatable bonds is 3. The minimum atomic E-state index is 0.244. The lowest BCUT2D eigenvalue weighted by atomic mass is 9.63. The number of ether oxygens (including phenoxy) is 1. The smallest absolute Gasteiger partial charge is 0.133 e. The summed E-state index contributed by atoms with van der Waals surface area (Å²) in [6.07, 6.45) is 2.49. The first-order valence-electron chi connectivity index (χ1n) is 8.31. The number of para-hydroxylation sites is 1. The molecule has 0 fully saturated rings. The summed E-state index contributed by atoms with van der Waals surface area (Å²) in [6, 6.07) is 14.9. The first-order valence-corrected chi connectivity index (χ1v) is 9.10. The molecule has 0 saturated carbocycles. The van der Waals surface area contributed by atoms with Gasteiger partial charge >= 0.3 is 0 Å². The van der Waals surface area contributed by atoms with Crippen LogP contribution < -0.4 is 4.74 Å². The van der Waals surface area contributed by atoms with Gasteiger partial charge in [-0.15, -0.1) is 0 Å². The van der Waals surface area contributed by atoms with Crippen molar-refractivity contribution >= 4 is 15.9 Å². The molecular weight excluding hydrogens is 348 g/mol. The van der Waals surface area contributed by atoms with Crippen LogP contribution in [0.25, 0.3) is 0 Å². The number of halogens is 1. The lowest BCUT2D eigenvalue weighted by Gasteiger charge is -2.42. The zero-order chi connectivity index (χ0) is 16.7. The zero-order valence-electron chi connectivity index (χ0n) is 14.4. The fourth-order valence-electron chi connectivity index (χ4n) is 3.45. The van der Waals surface area contributed by atoms with E-state index in [1.165, 1.54) is 29.5 Å². The van der Waals surface area contributed by atoms with E-state index < -0.39 is 0 Å². The third kappa shape index (κ3) is 3.33. The number of hydrogen-bond acceptors (Lipinski definition) is 1. The molecule has 0 amide bonds. The van der Waals surface area contributed by atoms with Crippen molar-refractivity contribution in [3.8, 4) is 5.75 Å². The van der Waals surface area contributed by atoms with Crippen molar-refractivity contribution < 1.29 is 4.74 Å². The van der Waals surface area contributed by atoms with Gasteiger partial charge < -0.3 is 4.74 Å². The summed E-state index contributed by atoms with van der Waals surface area (Å²) in [7, 11) is 0. The largest absolute Gasteiger partial charge is 0.488 e. The average molecular weight is 373 g/mol. The summed E-state index contributed by atoms with van der Waals surface area (Å²) in [6.45, 7) is 10.0. The van der Waals surface area contributed by atoms with Gasteiger partial charge in [0.05, 0.1) is 4.47 Å². The summed E-state index contributed by atoms with van der Waals surface area (Å²) in [5.74, 6) is 0.893. The third-order valence-corrected chi connectivity index (χ3v) is 5.80. The molecule has 1 aliphatic rings. The highest BCUT2D eigenvalue weighted by molar-refractivity contribution is 9.10. The lowest BCUT2D eigenvalue weighted by molar-refractivity contribution is 0.301. The number of benzene rings is 2. The molecule has 1 aliphatic carbocycles. The van der Waals surface area contributed by atoms with E-state index in [0.29, 0.717) is 6.61 Å². The van der Waals surface area contributed by atoms with Gasteiger partial charge in [0.15, 0.2) is 0 Å². The molecule has 0 unspecified atom stereocenters. The minimum Gasteiger partial charge on any atom is -0.488 e. The molecule has 0 radical (unpaired) electrons. The molecule has 0 aromatic heterocycles. The molecule has 2 aromatic carbocycles. The minimum absolute atomic E-state index is 0.244. The number of hydrogen-bond donors (Lipinski definition) is 0. The highest BCUT2D eigenvalue weighted by Gasteiger charge is 2.36. The normalized spacial score (nSPS) is 18.3. The third-order valence-electron chi connectivity index (χ3n) is 5.15. The topological polar surface area (TPSA) is 9.23 Å². The van der Waals surface area contributed by atoms with Gasteiger partial charge in [-0.1, -0.05) is 58.0 Å². The van der Waals surface area contributed by atoms with Gasteiger partial charge in [-0.05, 0) is 68.4 Å². The van der Waals surface area contributed by atoms with E-state index in [1.807, 2.05) is 24.3 Å². The molecule has 122 valence electrons. The quantitative estimate of drug-likeness (QED) is 0.607. The first kappa shape index (κ1) is 16.6. The second-order valence-corrected chi connectivity index (χ2v) is 8.72. The molecule has 3 rings (SSSR count). The Morgan fingerprint density at radius 1 is 0.913 bits per heavy atom. The molecule has 0 heterocycles. The summed E-state index contributed by atoms with van der Waals surface area (Å²) in [5, 5.41) is 0. The maximum absolute atomic E-state index is 5.99. The molecular formula is C21H25BrO. The molecule has 0 bridgehead atoms. The van der Waals surface area contributed by atoms with Crippen LogP contribution in [0.2, 0.25) is 0 Å². The molecule has 2 heteroatoms. The van der Waals surface area contributed by atoms with E-state index in [1.54, 1.807) is 0 Å². The van der Waals surface area contributed by atoms with Crippen LogP contribution in [0.3, 0.4) is 0 Å². The van der Waals surface area contributed by atoms with E-state index in [-0.39, 0.29) is 10.8 Å². The fraction of sp³-hybridized carbons (Fsp3) is 0.429. The number of fused-ring (bicyclic) bond motifs is 1. The standard InChI is InChI=1S/C21H25BrO/c1-20(2)11-12-21(3,4)17-13-15(9-10-16(17)20)14-23-19-8-6-5-7-18(19)22/h5-10,13H,11-12,14H2,1-4H3. The molecule has 23 heavy (non-hydrogen) atoms. The fourth-order valence-corrected chi connectivity index (χ4v) is 3.85. The Bertz CT molecular complexity index is 716. The van der Waals surface area contributed by atoms with Crippen LogP contribution in [-0.2, 0) is 17.4 Å². The molecule has 0 saturated heterocycles. The summed E-state index contributed by atoms with van der Waals surface area (Å²) >= 11 is 3.54. The van der Waals surface area contributed by atoms with Crippen molar-refractivity contribution in [2.75, 3.05) is 0 Å². The van der Waals surface area contributed by atoms with Crippen molar-refractivity contribution in [2.45, 2.75) is 58.0 Å². The van der Waals surface area contributed by atoms with Crippen LogP contribution in [0.4, 0.5) is 0 Å². The van der Waals surface area contributed by atoms with Crippen LogP contribution in [0, 0.1) is 0 Å². The van der Waals surface area contributed by atoms with E-state index in [4.69, 9.17) is 4.74 Å². The van der Waals surface area contributed by atoms with Crippen molar-refractivity contribution in [3.63, 3.8) is 0 Å². The van der Waals surface area contributed by atoms with Gasteiger partial charge in [-0.3, -0.25) is 0 Å². The van der Waals surface area contributed by atoms with Gasteiger partial charge in [0, 0.05) is 0 Å². The average Bonchev–Trinajstić information content (AvgIpc) is 2.51. The van der Waals surface area contributed by atoms with Crippen LogP contribution in [0.5, 0.6) is 5.75 Å². The zero-order valence-corrected chi connectivity index (χ0v) is 16.0. The second-order valence-electron chi connectivity index (χ2n) is 7.87. The molecule has 0 N–H and O–H groups in total. The van der Waals surface area contributed by atoms with Crippen LogP contribution in [0.1, 0.15) is 57.2 Å². The van der Waals surface area contributed by atoms with E-state index in [0.717, 1.165) is 10.2 Å². The molecule has 0 atom stereocenters. The Kier molecular flexibility index (Phi) is 4.31. The maximum Gasteiger partial charge on any atom is 0.133 e. The molecule has 0 spiro atoms. The van der Waals surface area contributed by atoms with Gasteiger partial charge in [0.2, 0.25) is 0 Å². The predicted octanol–water partition coefficient (Wildman–Crippen LogP) is 6.38. The monoisotopic (exact) mass is 372 g/mol. The van der Waals surface area contributed by atoms with Crippen LogP contribution >= 0.6 is 15.9 Å². The van der Waals surface area contributed by atoms with Gasteiger partial charge in [0.25, 0.3) is 0 Å². The first-order chi connectivity index (χ1) is 10.8. The van der Waals surface area contributed by atoms with Crippen LogP contribution in [-0.4, -0.2) is 0 Å². The Balaban J connectivity index is 1.87. The Hall–Kier alpha value is -1.28. The predicted molar refractivity (Wildman–Crippen MR) is 100 cm³/mol. The summed E-state index contributed by atoms with van der Waals surface area (Å²) in [5.41, 5.74) is 4.74. The van der Waals surface area contributed by atoms with Crippen LogP contribution in [0.15, 0.2) is 46.9 Å². The van der Waals surface area contributed by atoms with Crippen molar-refractivity contribution in [1.82, 2.24) is 0 Å². The molecule has 0 aliphatic heterocycles. The van der Waals surface area contributed by atoms with Gasteiger partial charge in [-0.2, -0.15) is 0 Å². The Morgan fingerprint density at radius 2 is 1.57 bits per heavy atom. The summed E-state index contributed by atoms with van der Waals surface area (Å²) in [4.78, 5) is 0. The molecule has 1 nitrogen and oxygen atoms in total. The lowest BCUT2D eigenvalue weighted by Crippen LogP contribution is -2.33. The van der Waals surface area contributed by atoms with E-state index in [9.17, 15) is 0 Å². The maximum atomic E-state index is 5.99. The van der Waals surface area contributed by atoms with E-state index >= 15 is 0 Å². The van der Waals surface area contributed by atoms with Gasteiger partial charge in [-0.25, -0.2) is 0 Å². The Labute approximate surface area is 148 Å². The highest BCUT2D eigenvalue weighted by Crippen LogP contribution is 2.45. The van der Waals surface area contributed by atoms with Crippen molar-refractivity contribution in [3.05, 3.63) is 63.6 Å². The van der Waals surface area contributed by atoms with Crippen molar-refractivity contribution in [2.24, 2.45) is 0 Å². The Morgan fingerprint density at radius 3 is 2.26 bits per heavy atom. The second kappa shape index (κ2) is 5.98. The molecule has 2 aromatic rings. The summed E-state index contributed by atoms with van der Waals surface area (Å²) < 4.78 is 6.99. The SMILES string of the molecule is CC1(C)CCC(C)(C)c2cc(COc3ccccc3Br)ccc21. The van der Waals surface area contributed by atoms with Crippen molar-refractivity contribution in [1.29, 1.82) is 0 Å².